The van der Waals surface area contributed by atoms with E-state index in [4.69, 9.17) is 21.4 Å². The van der Waals surface area contributed by atoms with Crippen molar-refractivity contribution in [2.24, 2.45) is 0 Å². The maximum absolute atomic E-state index is 10.8. The molecule has 0 aromatic heterocycles. The Morgan fingerprint density at radius 1 is 1.26 bits per heavy atom. The molecule has 2 aromatic carbocycles. The number of aromatic carboxylic acids is 1. The molecule has 98 valence electrons. The number of carbonyl (C=O) groups is 1. The molecule has 3 nitrogen and oxygen atoms in total. The molecule has 0 aliphatic carbocycles. The quantitative estimate of drug-likeness (QED) is 0.798. The van der Waals surface area contributed by atoms with Crippen molar-refractivity contribution in [2.45, 2.75) is 6.61 Å². The van der Waals surface area contributed by atoms with E-state index in [0.717, 1.165) is 14.9 Å². The van der Waals surface area contributed by atoms with Crippen LogP contribution in [-0.2, 0) is 6.61 Å². The van der Waals surface area contributed by atoms with Crippen LogP contribution in [0, 0.1) is 3.57 Å². The zero-order chi connectivity index (χ0) is 13.8. The Labute approximate surface area is 129 Å². The predicted octanol–water partition coefficient (Wildman–Crippen LogP) is 4.22. The molecule has 1 N–H and O–H groups in total. The summed E-state index contributed by atoms with van der Waals surface area (Å²) in [6.07, 6.45) is 0. The van der Waals surface area contributed by atoms with Gasteiger partial charge in [-0.3, -0.25) is 0 Å². The lowest BCUT2D eigenvalue weighted by Crippen LogP contribution is -2.00. The lowest BCUT2D eigenvalue weighted by atomic mass is 10.1. The Kier molecular flexibility index (Phi) is 4.66. The fourth-order valence-corrected chi connectivity index (χ4v) is 2.26. The molecule has 0 fully saturated rings. The van der Waals surface area contributed by atoms with Gasteiger partial charge in [0.05, 0.1) is 5.56 Å². The van der Waals surface area contributed by atoms with Gasteiger partial charge in [-0.05, 0) is 52.9 Å². The topological polar surface area (TPSA) is 46.5 Å². The molecule has 0 saturated heterocycles. The van der Waals surface area contributed by atoms with E-state index >= 15 is 0 Å². The van der Waals surface area contributed by atoms with Gasteiger partial charge in [-0.1, -0.05) is 23.7 Å². The molecule has 0 bridgehead atoms. The third-order valence-corrected chi connectivity index (χ3v) is 3.51. The summed E-state index contributed by atoms with van der Waals surface area (Å²) in [6, 6.07) is 12.3. The smallest absolute Gasteiger partial charge is 0.335 e. The molecular weight excluding hydrogens is 379 g/mol. The number of hydrogen-bond donors (Lipinski definition) is 1. The van der Waals surface area contributed by atoms with Crippen molar-refractivity contribution >= 4 is 40.2 Å². The first-order valence-electron chi connectivity index (χ1n) is 5.46. The number of benzene rings is 2. The highest BCUT2D eigenvalue weighted by Crippen LogP contribution is 2.21. The second-order valence-corrected chi connectivity index (χ2v) is 5.51. The van der Waals surface area contributed by atoms with Crippen LogP contribution in [0.2, 0.25) is 5.02 Å². The van der Waals surface area contributed by atoms with E-state index in [1.54, 1.807) is 6.07 Å². The first kappa shape index (κ1) is 14.1. The molecule has 0 aliphatic rings. The highest BCUT2D eigenvalue weighted by Gasteiger charge is 2.07. The van der Waals surface area contributed by atoms with E-state index in [1.807, 2.05) is 24.3 Å². The van der Waals surface area contributed by atoms with Crippen molar-refractivity contribution in [1.29, 1.82) is 0 Å². The zero-order valence-electron chi connectivity index (χ0n) is 9.77. The van der Waals surface area contributed by atoms with E-state index in [-0.39, 0.29) is 5.56 Å². The van der Waals surface area contributed by atoms with Crippen molar-refractivity contribution < 1.29 is 14.6 Å². The average molecular weight is 389 g/mol. The first-order chi connectivity index (χ1) is 9.06. The fraction of sp³-hybridized carbons (Fsp3) is 0.0714. The number of hydrogen-bond acceptors (Lipinski definition) is 2. The van der Waals surface area contributed by atoms with Gasteiger partial charge < -0.3 is 9.84 Å². The molecule has 0 atom stereocenters. The highest BCUT2D eigenvalue weighted by molar-refractivity contribution is 14.1. The Bertz CT molecular complexity index is 613. The van der Waals surface area contributed by atoms with Crippen molar-refractivity contribution in [3.05, 3.63) is 62.2 Å². The van der Waals surface area contributed by atoms with E-state index in [2.05, 4.69) is 22.6 Å². The predicted molar refractivity (Wildman–Crippen MR) is 81.9 cm³/mol. The van der Waals surface area contributed by atoms with Gasteiger partial charge in [-0.2, -0.15) is 0 Å². The summed E-state index contributed by atoms with van der Waals surface area (Å²) in [5, 5.41) is 9.24. The summed E-state index contributed by atoms with van der Waals surface area (Å²) >= 11 is 8.23. The van der Waals surface area contributed by atoms with Gasteiger partial charge in [0, 0.05) is 14.2 Å². The standard InChI is InChI=1S/C14H10ClIO3/c15-13-6-9(14(17)18)4-5-10(13)8-19-12-3-1-2-11(16)7-12/h1-7H,8H2,(H,17,18). The fourth-order valence-electron chi connectivity index (χ4n) is 1.52. The van der Waals surface area contributed by atoms with Gasteiger partial charge in [-0.25, -0.2) is 4.79 Å². The molecule has 0 aliphatic heterocycles. The molecule has 2 rings (SSSR count). The van der Waals surface area contributed by atoms with E-state index in [9.17, 15) is 4.79 Å². The number of ether oxygens (including phenoxy) is 1. The summed E-state index contributed by atoms with van der Waals surface area (Å²) in [7, 11) is 0. The van der Waals surface area contributed by atoms with Gasteiger partial charge in [0.25, 0.3) is 0 Å². The van der Waals surface area contributed by atoms with Gasteiger partial charge >= 0.3 is 5.97 Å². The third kappa shape index (κ3) is 3.84. The van der Waals surface area contributed by atoms with E-state index in [1.165, 1.54) is 12.1 Å². The minimum atomic E-state index is -0.994. The van der Waals surface area contributed by atoms with Crippen LogP contribution in [0.3, 0.4) is 0 Å². The monoisotopic (exact) mass is 388 g/mol. The Morgan fingerprint density at radius 2 is 2.05 bits per heavy atom. The Balaban J connectivity index is 2.10. The summed E-state index contributed by atoms with van der Waals surface area (Å²) < 4.78 is 6.70. The summed E-state index contributed by atoms with van der Waals surface area (Å²) in [4.78, 5) is 10.8. The molecule has 0 saturated carbocycles. The lowest BCUT2D eigenvalue weighted by Gasteiger charge is -2.08. The molecule has 2 aromatic rings. The van der Waals surface area contributed by atoms with Crippen LogP contribution >= 0.6 is 34.2 Å². The van der Waals surface area contributed by atoms with Crippen LogP contribution in [0.25, 0.3) is 0 Å². The Morgan fingerprint density at radius 3 is 2.68 bits per heavy atom. The van der Waals surface area contributed by atoms with Gasteiger partial charge in [-0.15, -0.1) is 0 Å². The van der Waals surface area contributed by atoms with E-state index in [0.29, 0.717) is 11.6 Å². The number of halogens is 2. The van der Waals surface area contributed by atoms with Gasteiger partial charge in [0.15, 0.2) is 0 Å². The lowest BCUT2D eigenvalue weighted by molar-refractivity contribution is 0.0697. The molecule has 19 heavy (non-hydrogen) atoms. The zero-order valence-corrected chi connectivity index (χ0v) is 12.7. The highest BCUT2D eigenvalue weighted by atomic mass is 127. The second-order valence-electron chi connectivity index (χ2n) is 3.86. The van der Waals surface area contributed by atoms with Crippen molar-refractivity contribution in [3.8, 4) is 5.75 Å². The van der Waals surface area contributed by atoms with Crippen molar-refractivity contribution in [3.63, 3.8) is 0 Å². The summed E-state index contributed by atoms with van der Waals surface area (Å²) in [6.45, 7) is 0.304. The molecule has 5 heteroatoms. The normalized spacial score (nSPS) is 10.2. The molecule has 0 heterocycles. The van der Waals surface area contributed by atoms with Crippen LogP contribution in [-0.4, -0.2) is 11.1 Å². The Hall–Kier alpha value is -1.27. The molecule has 0 amide bonds. The third-order valence-electron chi connectivity index (χ3n) is 2.49. The van der Waals surface area contributed by atoms with Crippen LogP contribution in [0.4, 0.5) is 0 Å². The SMILES string of the molecule is O=C(O)c1ccc(COc2cccc(I)c2)c(Cl)c1. The van der Waals surface area contributed by atoms with Crippen LogP contribution < -0.4 is 4.74 Å². The molecular formula is C14H10ClIO3. The largest absolute Gasteiger partial charge is 0.489 e. The summed E-state index contributed by atoms with van der Waals surface area (Å²) in [5.41, 5.74) is 0.925. The van der Waals surface area contributed by atoms with E-state index < -0.39 is 5.97 Å². The first-order valence-corrected chi connectivity index (χ1v) is 6.92. The van der Waals surface area contributed by atoms with Crippen LogP contribution in [0.5, 0.6) is 5.75 Å². The second kappa shape index (κ2) is 6.25. The van der Waals surface area contributed by atoms with Gasteiger partial charge in [0.2, 0.25) is 0 Å². The minimum Gasteiger partial charge on any atom is -0.489 e. The molecule has 0 unspecified atom stereocenters. The minimum absolute atomic E-state index is 0.169. The molecule has 0 spiro atoms. The van der Waals surface area contributed by atoms with Crippen molar-refractivity contribution in [1.82, 2.24) is 0 Å². The van der Waals surface area contributed by atoms with Crippen LogP contribution in [0.1, 0.15) is 15.9 Å². The maximum atomic E-state index is 10.8. The number of carboxylic acids is 1. The number of carboxylic acid groups (broad SMARTS) is 1. The average Bonchev–Trinajstić information content (AvgIpc) is 2.37. The maximum Gasteiger partial charge on any atom is 0.335 e. The summed E-state index contributed by atoms with van der Waals surface area (Å²) in [5.74, 6) is -0.239. The molecule has 0 radical (unpaired) electrons. The van der Waals surface area contributed by atoms with Crippen molar-refractivity contribution in [2.75, 3.05) is 0 Å². The van der Waals surface area contributed by atoms with Crippen LogP contribution in [0.15, 0.2) is 42.5 Å². The van der Waals surface area contributed by atoms with Gasteiger partial charge in [0.1, 0.15) is 12.4 Å². The number of rotatable bonds is 4.